The van der Waals surface area contributed by atoms with Gasteiger partial charge in [-0.3, -0.25) is 4.79 Å². The Morgan fingerprint density at radius 3 is 2.36 bits per heavy atom. The molecule has 3 rings (SSSR count). The summed E-state index contributed by atoms with van der Waals surface area (Å²) in [5, 5.41) is 4.19. The van der Waals surface area contributed by atoms with E-state index in [1.165, 1.54) is 38.5 Å². The van der Waals surface area contributed by atoms with Gasteiger partial charge >= 0.3 is 5.97 Å². The topological polar surface area (TPSA) is 83.7 Å². The molecule has 1 aliphatic carbocycles. The fourth-order valence-corrected chi connectivity index (χ4v) is 4.48. The highest BCUT2D eigenvalue weighted by Crippen LogP contribution is 2.33. The lowest BCUT2D eigenvalue weighted by Crippen LogP contribution is -2.25. The molecule has 1 atom stereocenters. The number of methoxy groups -OCH3 is 2. The number of hydrogen-bond acceptors (Lipinski definition) is 7. The molecule has 1 saturated carbocycles. The van der Waals surface area contributed by atoms with Crippen molar-refractivity contribution in [3.63, 3.8) is 0 Å². The second kappa shape index (κ2) is 11.5. The van der Waals surface area contributed by atoms with Gasteiger partial charge in [-0.1, -0.05) is 50.1 Å². The summed E-state index contributed by atoms with van der Waals surface area (Å²) in [6.45, 7) is 5.64. The standard InChI is InChI=1S/C26H38N2O5/c1-26(2,3)32-23(29)16-19(13-9-12-18-10-7-6-8-11-18)25-27-24(28-33-25)20-14-21(30-4)17-22(15-20)31-5/h14-15,17-19H,6-13,16H2,1-5H3/t19-/m1/s1. The number of hydrogen-bond donors (Lipinski definition) is 0. The van der Waals surface area contributed by atoms with Crippen molar-refractivity contribution in [3.8, 4) is 22.9 Å². The molecule has 0 amide bonds. The van der Waals surface area contributed by atoms with Gasteiger partial charge in [-0.15, -0.1) is 0 Å². The Bertz CT molecular complexity index is 874. The summed E-state index contributed by atoms with van der Waals surface area (Å²) >= 11 is 0. The summed E-state index contributed by atoms with van der Waals surface area (Å²) in [4.78, 5) is 17.3. The Labute approximate surface area is 197 Å². The zero-order chi connectivity index (χ0) is 23.8. The molecule has 182 valence electrons. The molecule has 1 heterocycles. The van der Waals surface area contributed by atoms with Gasteiger partial charge in [-0.2, -0.15) is 4.98 Å². The molecular weight excluding hydrogens is 420 g/mol. The lowest BCUT2D eigenvalue weighted by Gasteiger charge is -2.23. The third kappa shape index (κ3) is 7.76. The maximum Gasteiger partial charge on any atom is 0.307 e. The van der Waals surface area contributed by atoms with Crippen LogP contribution in [0.1, 0.15) is 90.4 Å². The summed E-state index contributed by atoms with van der Waals surface area (Å²) in [6.07, 6.45) is 9.92. The molecule has 0 unspecified atom stereocenters. The van der Waals surface area contributed by atoms with Crippen LogP contribution in [0.2, 0.25) is 0 Å². The van der Waals surface area contributed by atoms with Gasteiger partial charge in [0, 0.05) is 17.5 Å². The monoisotopic (exact) mass is 458 g/mol. The lowest BCUT2D eigenvalue weighted by atomic mass is 9.84. The van der Waals surface area contributed by atoms with Gasteiger partial charge in [0.15, 0.2) is 0 Å². The normalized spacial score (nSPS) is 15.8. The fourth-order valence-electron chi connectivity index (χ4n) is 4.48. The van der Waals surface area contributed by atoms with E-state index in [1.807, 2.05) is 32.9 Å². The zero-order valence-electron chi connectivity index (χ0n) is 20.7. The first-order valence-electron chi connectivity index (χ1n) is 12.1. The maximum atomic E-state index is 12.6. The third-order valence-electron chi connectivity index (χ3n) is 6.12. The van der Waals surface area contributed by atoms with E-state index in [1.54, 1.807) is 20.3 Å². The van der Waals surface area contributed by atoms with E-state index >= 15 is 0 Å². The highest BCUT2D eigenvalue weighted by molar-refractivity contribution is 5.71. The Morgan fingerprint density at radius 2 is 1.76 bits per heavy atom. The first kappa shape index (κ1) is 25.1. The van der Waals surface area contributed by atoms with Crippen molar-refractivity contribution in [2.75, 3.05) is 14.2 Å². The molecular formula is C26H38N2O5. The number of carbonyl (C=O) groups excluding carboxylic acids is 1. The second-order valence-electron chi connectivity index (χ2n) is 9.98. The highest BCUT2D eigenvalue weighted by Gasteiger charge is 2.26. The smallest absolute Gasteiger partial charge is 0.307 e. The molecule has 7 nitrogen and oxygen atoms in total. The van der Waals surface area contributed by atoms with E-state index in [0.717, 1.165) is 24.3 Å². The summed E-state index contributed by atoms with van der Waals surface area (Å²) in [5.41, 5.74) is 0.209. The van der Waals surface area contributed by atoms with Crippen LogP contribution in [0.4, 0.5) is 0 Å². The van der Waals surface area contributed by atoms with Crippen LogP contribution >= 0.6 is 0 Å². The molecule has 1 fully saturated rings. The average molecular weight is 459 g/mol. The molecule has 0 radical (unpaired) electrons. The number of aromatic nitrogens is 2. The van der Waals surface area contributed by atoms with Crippen LogP contribution in [-0.2, 0) is 9.53 Å². The molecule has 33 heavy (non-hydrogen) atoms. The van der Waals surface area contributed by atoms with Crippen LogP contribution in [0.15, 0.2) is 22.7 Å². The van der Waals surface area contributed by atoms with Crippen molar-refractivity contribution in [3.05, 3.63) is 24.1 Å². The number of carbonyl (C=O) groups is 1. The summed E-state index contributed by atoms with van der Waals surface area (Å²) in [5.74, 6) is 2.60. The van der Waals surface area contributed by atoms with Gasteiger partial charge in [0.25, 0.3) is 0 Å². The first-order valence-corrected chi connectivity index (χ1v) is 12.1. The van der Waals surface area contributed by atoms with Crippen molar-refractivity contribution in [1.82, 2.24) is 10.1 Å². The van der Waals surface area contributed by atoms with E-state index in [9.17, 15) is 4.79 Å². The summed E-state index contributed by atoms with van der Waals surface area (Å²) < 4.78 is 21.9. The number of benzene rings is 1. The Hall–Kier alpha value is -2.57. The number of ether oxygens (including phenoxy) is 3. The summed E-state index contributed by atoms with van der Waals surface area (Å²) in [7, 11) is 3.20. The zero-order valence-corrected chi connectivity index (χ0v) is 20.7. The predicted octanol–water partition coefficient (Wildman–Crippen LogP) is 6.32. The van der Waals surface area contributed by atoms with Crippen molar-refractivity contribution in [2.24, 2.45) is 5.92 Å². The van der Waals surface area contributed by atoms with Crippen molar-refractivity contribution < 1.29 is 23.5 Å². The second-order valence-corrected chi connectivity index (χ2v) is 9.98. The average Bonchev–Trinajstić information content (AvgIpc) is 3.28. The largest absolute Gasteiger partial charge is 0.497 e. The van der Waals surface area contributed by atoms with Gasteiger partial charge in [0.1, 0.15) is 17.1 Å². The van der Waals surface area contributed by atoms with Crippen LogP contribution in [0.5, 0.6) is 11.5 Å². The van der Waals surface area contributed by atoms with Gasteiger partial charge < -0.3 is 18.7 Å². The van der Waals surface area contributed by atoms with Crippen LogP contribution in [0.3, 0.4) is 0 Å². The SMILES string of the molecule is COc1cc(OC)cc(-c2noc([C@H](CCCC3CCCCC3)CC(=O)OC(C)(C)C)n2)c1. The molecule has 0 N–H and O–H groups in total. The van der Waals surface area contributed by atoms with Gasteiger partial charge in [-0.25, -0.2) is 0 Å². The predicted molar refractivity (Wildman–Crippen MR) is 126 cm³/mol. The minimum atomic E-state index is -0.527. The molecule has 1 aliphatic rings. The van der Waals surface area contributed by atoms with E-state index in [4.69, 9.17) is 18.7 Å². The first-order chi connectivity index (χ1) is 15.8. The highest BCUT2D eigenvalue weighted by atomic mass is 16.6. The molecule has 1 aromatic heterocycles. The van der Waals surface area contributed by atoms with Gasteiger partial charge in [-0.05, 0) is 45.2 Å². The molecule has 1 aromatic carbocycles. The Morgan fingerprint density at radius 1 is 1.09 bits per heavy atom. The molecule has 0 aliphatic heterocycles. The Kier molecular flexibility index (Phi) is 8.75. The van der Waals surface area contributed by atoms with Gasteiger partial charge in [0.05, 0.1) is 20.6 Å². The summed E-state index contributed by atoms with van der Waals surface area (Å²) in [6, 6.07) is 5.47. The van der Waals surface area contributed by atoms with E-state index < -0.39 is 5.60 Å². The fraction of sp³-hybridized carbons (Fsp3) is 0.654. The van der Waals surface area contributed by atoms with Crippen LogP contribution in [0, 0.1) is 5.92 Å². The lowest BCUT2D eigenvalue weighted by molar-refractivity contribution is -0.155. The number of nitrogens with zero attached hydrogens (tertiary/aromatic N) is 2. The molecule has 0 bridgehead atoms. The van der Waals surface area contributed by atoms with Crippen LogP contribution in [0.25, 0.3) is 11.4 Å². The van der Waals surface area contributed by atoms with Crippen LogP contribution in [-0.4, -0.2) is 35.9 Å². The van der Waals surface area contributed by atoms with Crippen molar-refractivity contribution in [1.29, 1.82) is 0 Å². The van der Waals surface area contributed by atoms with E-state index in [0.29, 0.717) is 23.2 Å². The van der Waals surface area contributed by atoms with E-state index in [2.05, 4.69) is 10.1 Å². The van der Waals surface area contributed by atoms with Gasteiger partial charge in [0.2, 0.25) is 11.7 Å². The Balaban J connectivity index is 1.75. The third-order valence-corrected chi connectivity index (χ3v) is 6.12. The van der Waals surface area contributed by atoms with Crippen molar-refractivity contribution in [2.45, 2.75) is 90.1 Å². The minimum absolute atomic E-state index is 0.169. The molecule has 0 spiro atoms. The number of rotatable bonds is 10. The van der Waals surface area contributed by atoms with Crippen molar-refractivity contribution >= 4 is 5.97 Å². The van der Waals surface area contributed by atoms with Crippen LogP contribution < -0.4 is 9.47 Å². The van der Waals surface area contributed by atoms with E-state index in [-0.39, 0.29) is 18.3 Å². The molecule has 2 aromatic rings. The molecule has 7 heteroatoms. The minimum Gasteiger partial charge on any atom is -0.497 e. The quantitative estimate of drug-likeness (QED) is 0.385. The number of esters is 1. The molecule has 0 saturated heterocycles. The maximum absolute atomic E-state index is 12.6.